The monoisotopic (exact) mass is 497 g/mol. The minimum atomic E-state index is 0.0968. The van der Waals surface area contributed by atoms with E-state index in [1.165, 1.54) is 6.33 Å². The molecule has 0 atom stereocenters. The maximum absolute atomic E-state index is 12.0. The number of fused-ring (bicyclic) bond motifs is 1. The van der Waals surface area contributed by atoms with Crippen molar-refractivity contribution in [3.63, 3.8) is 0 Å². The largest absolute Gasteiger partial charge is 0.454 e. The Morgan fingerprint density at radius 3 is 2.75 bits per heavy atom. The summed E-state index contributed by atoms with van der Waals surface area (Å²) in [6.07, 6.45) is 6.26. The van der Waals surface area contributed by atoms with Crippen LogP contribution in [0.3, 0.4) is 0 Å². The van der Waals surface area contributed by atoms with E-state index in [1.807, 2.05) is 43.3 Å². The van der Waals surface area contributed by atoms with Crippen molar-refractivity contribution in [1.82, 2.24) is 20.3 Å². The van der Waals surface area contributed by atoms with Crippen LogP contribution in [0.1, 0.15) is 30.5 Å². The molecule has 180 valence electrons. The number of anilines is 2. The highest BCUT2D eigenvalue weighted by atomic mass is 35.5. The van der Waals surface area contributed by atoms with Crippen molar-refractivity contribution in [2.75, 3.05) is 11.9 Å². The predicted molar refractivity (Wildman–Crippen MR) is 141 cm³/mol. The summed E-state index contributed by atoms with van der Waals surface area (Å²) in [5, 5.41) is 7.48. The first-order valence-electron chi connectivity index (χ1n) is 11.7. The molecule has 36 heavy (non-hydrogen) atoms. The number of rotatable bonds is 6. The van der Waals surface area contributed by atoms with E-state index in [-0.39, 0.29) is 11.8 Å². The molecule has 0 bridgehead atoms. The lowest BCUT2D eigenvalue weighted by Gasteiger charge is -2.23. The molecule has 0 radical (unpaired) electrons. The number of nitrogens with one attached hydrogen (secondary N) is 2. The lowest BCUT2D eigenvalue weighted by atomic mass is 9.85. The maximum Gasteiger partial charge on any atom is 0.223 e. The third kappa shape index (κ3) is 5.56. The third-order valence-electron chi connectivity index (χ3n) is 6.00. The second kappa shape index (κ2) is 10.6. The van der Waals surface area contributed by atoms with Gasteiger partial charge in [-0.2, -0.15) is 0 Å². The first kappa shape index (κ1) is 23.6. The summed E-state index contributed by atoms with van der Waals surface area (Å²) in [5.74, 6) is 8.17. The number of benzene rings is 2. The molecule has 1 aliphatic rings. The molecule has 8 heteroatoms. The molecular formula is C28H24ClN5O2. The maximum atomic E-state index is 12.0. The molecule has 2 aromatic carbocycles. The number of halogens is 1. The molecular weight excluding hydrogens is 474 g/mol. The Balaban J connectivity index is 1.30. The van der Waals surface area contributed by atoms with Gasteiger partial charge in [0.1, 0.15) is 23.6 Å². The molecule has 1 saturated carbocycles. The fraction of sp³-hybridized carbons (Fsp3) is 0.214. The van der Waals surface area contributed by atoms with Crippen LogP contribution in [0, 0.1) is 24.7 Å². The lowest BCUT2D eigenvalue weighted by molar-refractivity contribution is -0.127. The normalized spacial score (nSPS) is 12.8. The van der Waals surface area contributed by atoms with E-state index in [2.05, 4.69) is 37.4 Å². The molecule has 4 aromatic rings. The zero-order valence-corrected chi connectivity index (χ0v) is 20.5. The van der Waals surface area contributed by atoms with Gasteiger partial charge in [-0.25, -0.2) is 9.97 Å². The summed E-state index contributed by atoms with van der Waals surface area (Å²) in [6, 6.07) is 14.9. The fourth-order valence-corrected chi connectivity index (χ4v) is 3.99. The second-order valence-electron chi connectivity index (χ2n) is 8.61. The molecule has 1 fully saturated rings. The van der Waals surface area contributed by atoms with E-state index in [9.17, 15) is 4.79 Å². The van der Waals surface area contributed by atoms with Crippen LogP contribution in [0.5, 0.6) is 11.5 Å². The summed E-state index contributed by atoms with van der Waals surface area (Å²) in [7, 11) is 0. The first-order valence-corrected chi connectivity index (χ1v) is 12.1. The van der Waals surface area contributed by atoms with Crippen molar-refractivity contribution in [3.05, 3.63) is 77.3 Å². The fourth-order valence-electron chi connectivity index (χ4n) is 3.77. The van der Waals surface area contributed by atoms with Crippen molar-refractivity contribution < 1.29 is 9.53 Å². The van der Waals surface area contributed by atoms with Crippen LogP contribution in [0.4, 0.5) is 11.5 Å². The van der Waals surface area contributed by atoms with Gasteiger partial charge in [-0.05, 0) is 68.3 Å². The van der Waals surface area contributed by atoms with Crippen LogP contribution in [-0.4, -0.2) is 27.4 Å². The van der Waals surface area contributed by atoms with Crippen LogP contribution in [-0.2, 0) is 4.79 Å². The Kier molecular flexibility index (Phi) is 6.96. The Morgan fingerprint density at radius 2 is 2.00 bits per heavy atom. The minimum absolute atomic E-state index is 0.0968. The smallest absolute Gasteiger partial charge is 0.223 e. The van der Waals surface area contributed by atoms with Crippen molar-refractivity contribution in [3.8, 4) is 23.3 Å². The molecule has 7 nitrogen and oxygen atoms in total. The van der Waals surface area contributed by atoms with Crippen LogP contribution in [0.2, 0.25) is 5.02 Å². The second-order valence-corrected chi connectivity index (χ2v) is 9.02. The Hall–Kier alpha value is -4.15. The van der Waals surface area contributed by atoms with E-state index >= 15 is 0 Å². The average molecular weight is 498 g/mol. The van der Waals surface area contributed by atoms with Gasteiger partial charge in [-0.1, -0.05) is 29.9 Å². The molecule has 2 aromatic heterocycles. The zero-order valence-electron chi connectivity index (χ0n) is 19.7. The Morgan fingerprint density at radius 1 is 1.11 bits per heavy atom. The van der Waals surface area contributed by atoms with Crippen LogP contribution >= 0.6 is 11.6 Å². The average Bonchev–Trinajstić information content (AvgIpc) is 2.84. The number of aryl methyl sites for hydroxylation is 1. The number of carbonyl (C=O) groups excluding carboxylic acids is 1. The number of hydrogen-bond donors (Lipinski definition) is 2. The highest BCUT2D eigenvalue weighted by molar-refractivity contribution is 6.32. The quantitative estimate of drug-likeness (QED) is 0.328. The summed E-state index contributed by atoms with van der Waals surface area (Å²) in [6.45, 7) is 2.25. The van der Waals surface area contributed by atoms with Crippen molar-refractivity contribution in [2.24, 2.45) is 5.92 Å². The topological polar surface area (TPSA) is 89.0 Å². The van der Waals surface area contributed by atoms with Gasteiger partial charge in [0.2, 0.25) is 5.91 Å². The standard InChI is InChI=1S/C28H24ClN5O2/c1-18-7-10-22(16-31-18)36-26-12-9-21(15-24(26)29)34-27-23-14-19(8-11-25(23)32-17-33-27)4-3-13-30-28(35)20-5-2-6-20/h7-12,14-17,20H,2,5-6,13H2,1H3,(H,30,35)(H,32,33,34). The Labute approximate surface area is 214 Å². The summed E-state index contributed by atoms with van der Waals surface area (Å²) < 4.78 is 5.85. The van der Waals surface area contributed by atoms with E-state index < -0.39 is 0 Å². The van der Waals surface area contributed by atoms with Gasteiger partial charge in [-0.15, -0.1) is 0 Å². The highest BCUT2D eigenvalue weighted by Crippen LogP contribution is 2.33. The number of carbonyl (C=O) groups is 1. The molecule has 0 saturated heterocycles. The first-order chi connectivity index (χ1) is 17.5. The predicted octanol–water partition coefficient (Wildman–Crippen LogP) is 5.79. The molecule has 2 N–H and O–H groups in total. The number of ether oxygens (including phenoxy) is 1. The van der Waals surface area contributed by atoms with Crippen LogP contribution < -0.4 is 15.4 Å². The summed E-state index contributed by atoms with van der Waals surface area (Å²) >= 11 is 6.48. The van der Waals surface area contributed by atoms with Gasteiger partial charge < -0.3 is 15.4 Å². The molecule has 0 aliphatic heterocycles. The van der Waals surface area contributed by atoms with Gasteiger partial charge >= 0.3 is 0 Å². The van der Waals surface area contributed by atoms with Crippen molar-refractivity contribution >= 4 is 39.9 Å². The van der Waals surface area contributed by atoms with Gasteiger partial charge in [-0.3, -0.25) is 9.78 Å². The highest BCUT2D eigenvalue weighted by Gasteiger charge is 2.24. The van der Waals surface area contributed by atoms with E-state index in [0.29, 0.717) is 28.9 Å². The van der Waals surface area contributed by atoms with Gasteiger partial charge in [0.05, 0.1) is 23.3 Å². The minimum Gasteiger partial charge on any atom is -0.454 e. The van der Waals surface area contributed by atoms with E-state index in [1.54, 1.807) is 18.3 Å². The summed E-state index contributed by atoms with van der Waals surface area (Å²) in [4.78, 5) is 25.0. The number of aromatic nitrogens is 3. The van der Waals surface area contributed by atoms with Gasteiger partial charge in [0.25, 0.3) is 0 Å². The van der Waals surface area contributed by atoms with Crippen LogP contribution in [0.25, 0.3) is 10.9 Å². The number of hydrogen-bond acceptors (Lipinski definition) is 6. The van der Waals surface area contributed by atoms with Crippen molar-refractivity contribution in [1.29, 1.82) is 0 Å². The van der Waals surface area contributed by atoms with Crippen LogP contribution in [0.15, 0.2) is 61.1 Å². The van der Waals surface area contributed by atoms with Gasteiger partial charge in [0.15, 0.2) is 0 Å². The van der Waals surface area contributed by atoms with E-state index in [4.69, 9.17) is 16.3 Å². The van der Waals surface area contributed by atoms with Gasteiger partial charge in [0, 0.05) is 28.2 Å². The molecule has 1 amide bonds. The molecule has 5 rings (SSSR count). The molecule has 0 spiro atoms. The number of pyridine rings is 1. The molecule has 0 unspecified atom stereocenters. The zero-order chi connectivity index (χ0) is 24.9. The number of nitrogens with zero attached hydrogens (tertiary/aromatic N) is 3. The lowest BCUT2D eigenvalue weighted by Crippen LogP contribution is -2.34. The SMILES string of the molecule is Cc1ccc(Oc2ccc(Nc3ncnc4ccc(C#CCNC(=O)C5CCC5)cc34)cc2Cl)cn1. The molecule has 2 heterocycles. The summed E-state index contributed by atoms with van der Waals surface area (Å²) in [5.41, 5.74) is 3.26. The van der Waals surface area contributed by atoms with E-state index in [0.717, 1.165) is 47.1 Å². The Bertz CT molecular complexity index is 1470. The third-order valence-corrected chi connectivity index (χ3v) is 6.30. The number of amides is 1. The molecule has 1 aliphatic carbocycles. The van der Waals surface area contributed by atoms with Crippen molar-refractivity contribution in [2.45, 2.75) is 26.2 Å².